The Kier molecular flexibility index (Phi) is 4.35. The van der Waals surface area contributed by atoms with Gasteiger partial charge < -0.3 is 15.1 Å². The highest BCUT2D eigenvalue weighted by Crippen LogP contribution is 2.33. The van der Waals surface area contributed by atoms with Gasteiger partial charge in [-0.3, -0.25) is 4.79 Å². The molecule has 2 saturated heterocycles. The topological polar surface area (TPSA) is 48.5 Å². The Labute approximate surface area is 156 Å². The van der Waals surface area contributed by atoms with Crippen LogP contribution < -0.4 is 10.2 Å². The average Bonchev–Trinajstić information content (AvgIpc) is 3.26. The summed E-state index contributed by atoms with van der Waals surface area (Å²) in [5.74, 6) is 2.14. The van der Waals surface area contributed by atoms with Crippen molar-refractivity contribution in [3.05, 3.63) is 23.4 Å². The third-order valence-corrected chi connectivity index (χ3v) is 6.97. The Hall–Kier alpha value is -1.62. The molecule has 4 aliphatic rings. The normalized spacial score (nSPS) is 28.5. The van der Waals surface area contributed by atoms with Crippen LogP contribution in [-0.2, 0) is 17.8 Å². The quantitative estimate of drug-likeness (QED) is 0.906. The molecule has 3 fully saturated rings. The van der Waals surface area contributed by atoms with Gasteiger partial charge in [0.25, 0.3) is 0 Å². The maximum atomic E-state index is 12.7. The fourth-order valence-electron chi connectivity index (χ4n) is 5.50. The molecule has 4 heterocycles. The lowest BCUT2D eigenvalue weighted by Crippen LogP contribution is -2.52. The van der Waals surface area contributed by atoms with Crippen LogP contribution in [0.25, 0.3) is 0 Å². The van der Waals surface area contributed by atoms with Crippen molar-refractivity contribution >= 4 is 11.7 Å². The number of amides is 1. The summed E-state index contributed by atoms with van der Waals surface area (Å²) in [5, 5.41) is 3.54. The number of anilines is 1. The van der Waals surface area contributed by atoms with Crippen molar-refractivity contribution in [2.75, 3.05) is 24.5 Å². The highest BCUT2D eigenvalue weighted by molar-refractivity contribution is 5.76. The molecule has 1 aromatic heterocycles. The molecule has 1 saturated carbocycles. The number of nitrogens with zero attached hydrogens (tertiary/aromatic N) is 3. The Balaban J connectivity index is 1.28. The van der Waals surface area contributed by atoms with E-state index in [9.17, 15) is 4.79 Å². The average molecular weight is 354 g/mol. The molecule has 5 heteroatoms. The lowest BCUT2D eigenvalue weighted by Gasteiger charge is -2.37. The maximum absolute atomic E-state index is 12.7. The van der Waals surface area contributed by atoms with Gasteiger partial charge in [0, 0.05) is 56.8 Å². The first kappa shape index (κ1) is 16.5. The van der Waals surface area contributed by atoms with Crippen LogP contribution in [0.2, 0.25) is 0 Å². The molecule has 0 aromatic carbocycles. The summed E-state index contributed by atoms with van der Waals surface area (Å²) >= 11 is 0. The number of carbonyl (C=O) groups excluding carboxylic acids is 1. The fourth-order valence-corrected chi connectivity index (χ4v) is 5.50. The number of hydrogen-bond donors (Lipinski definition) is 1. The molecular weight excluding hydrogens is 324 g/mol. The second-order valence-electron chi connectivity index (χ2n) is 8.65. The first-order chi connectivity index (χ1) is 12.8. The SMILES string of the molecule is O=C(CC1CCCC1)N1CCc2nc(N3C4CCC3CNC4)ccc2C1. The van der Waals surface area contributed by atoms with E-state index < -0.39 is 0 Å². The van der Waals surface area contributed by atoms with Crippen molar-refractivity contribution in [2.45, 2.75) is 70.0 Å². The minimum atomic E-state index is 0.353. The Morgan fingerprint density at radius 2 is 1.88 bits per heavy atom. The molecule has 5 rings (SSSR count). The van der Waals surface area contributed by atoms with Gasteiger partial charge in [0.15, 0.2) is 0 Å². The summed E-state index contributed by atoms with van der Waals surface area (Å²) in [7, 11) is 0. The Morgan fingerprint density at radius 3 is 2.65 bits per heavy atom. The molecule has 2 bridgehead atoms. The van der Waals surface area contributed by atoms with Gasteiger partial charge >= 0.3 is 0 Å². The van der Waals surface area contributed by atoms with Crippen LogP contribution in [0.1, 0.15) is 56.2 Å². The lowest BCUT2D eigenvalue weighted by molar-refractivity contribution is -0.133. The molecule has 1 aliphatic carbocycles. The monoisotopic (exact) mass is 354 g/mol. The number of hydrogen-bond acceptors (Lipinski definition) is 4. The molecule has 3 aliphatic heterocycles. The molecule has 26 heavy (non-hydrogen) atoms. The smallest absolute Gasteiger partial charge is 0.223 e. The largest absolute Gasteiger partial charge is 0.348 e. The van der Waals surface area contributed by atoms with E-state index in [1.807, 2.05) is 0 Å². The van der Waals surface area contributed by atoms with Gasteiger partial charge in [0.1, 0.15) is 5.82 Å². The molecule has 0 spiro atoms. The molecule has 0 radical (unpaired) electrons. The zero-order valence-corrected chi connectivity index (χ0v) is 15.6. The zero-order valence-electron chi connectivity index (χ0n) is 15.6. The highest BCUT2D eigenvalue weighted by Gasteiger charge is 2.37. The highest BCUT2D eigenvalue weighted by atomic mass is 16.2. The van der Waals surface area contributed by atoms with E-state index in [4.69, 9.17) is 4.98 Å². The van der Waals surface area contributed by atoms with Crippen LogP contribution in [0, 0.1) is 5.92 Å². The Bertz CT molecular complexity index is 669. The number of aromatic nitrogens is 1. The molecule has 2 unspecified atom stereocenters. The molecular formula is C21H30N4O. The van der Waals surface area contributed by atoms with E-state index in [1.165, 1.54) is 49.8 Å². The van der Waals surface area contributed by atoms with Gasteiger partial charge in [-0.2, -0.15) is 0 Å². The molecule has 1 amide bonds. The summed E-state index contributed by atoms with van der Waals surface area (Å²) in [6.07, 6.45) is 9.32. The summed E-state index contributed by atoms with van der Waals surface area (Å²) in [6, 6.07) is 5.63. The van der Waals surface area contributed by atoms with E-state index in [0.717, 1.165) is 44.8 Å². The van der Waals surface area contributed by atoms with Crippen molar-refractivity contribution < 1.29 is 4.79 Å². The summed E-state index contributed by atoms with van der Waals surface area (Å²) in [4.78, 5) is 22.3. The molecule has 1 aromatic rings. The summed E-state index contributed by atoms with van der Waals surface area (Å²) in [5.41, 5.74) is 2.47. The van der Waals surface area contributed by atoms with E-state index in [2.05, 4.69) is 27.2 Å². The fraction of sp³-hybridized carbons (Fsp3) is 0.714. The zero-order chi connectivity index (χ0) is 17.5. The predicted molar refractivity (Wildman–Crippen MR) is 102 cm³/mol. The molecule has 5 nitrogen and oxygen atoms in total. The predicted octanol–water partition coefficient (Wildman–Crippen LogP) is 2.49. The van der Waals surface area contributed by atoms with Gasteiger partial charge in [0.05, 0.1) is 0 Å². The standard InChI is InChI=1S/C21H30N4O/c26-21(11-15-3-1-2-4-15)24-10-9-19-16(14-24)5-8-20(23-19)25-17-6-7-18(25)13-22-12-17/h5,8,15,17-18,22H,1-4,6-7,9-14H2. The third kappa shape index (κ3) is 3.00. The van der Waals surface area contributed by atoms with Crippen molar-refractivity contribution in [3.63, 3.8) is 0 Å². The minimum absolute atomic E-state index is 0.353. The number of piperazine rings is 1. The van der Waals surface area contributed by atoms with Crippen molar-refractivity contribution in [3.8, 4) is 0 Å². The second-order valence-corrected chi connectivity index (χ2v) is 8.65. The Morgan fingerprint density at radius 1 is 1.12 bits per heavy atom. The van der Waals surface area contributed by atoms with Gasteiger partial charge in [-0.1, -0.05) is 18.9 Å². The lowest BCUT2D eigenvalue weighted by atomic mass is 10.0. The first-order valence-corrected chi connectivity index (χ1v) is 10.5. The van der Waals surface area contributed by atoms with Crippen LogP contribution in [0.3, 0.4) is 0 Å². The number of pyridine rings is 1. The van der Waals surface area contributed by atoms with Gasteiger partial charge in [-0.05, 0) is 43.2 Å². The maximum Gasteiger partial charge on any atom is 0.223 e. The van der Waals surface area contributed by atoms with Crippen molar-refractivity contribution in [1.82, 2.24) is 15.2 Å². The van der Waals surface area contributed by atoms with E-state index >= 15 is 0 Å². The number of nitrogens with one attached hydrogen (secondary N) is 1. The van der Waals surface area contributed by atoms with Crippen molar-refractivity contribution in [2.24, 2.45) is 5.92 Å². The minimum Gasteiger partial charge on any atom is -0.348 e. The third-order valence-electron chi connectivity index (χ3n) is 6.97. The summed E-state index contributed by atoms with van der Waals surface area (Å²) < 4.78 is 0. The van der Waals surface area contributed by atoms with Gasteiger partial charge in [0.2, 0.25) is 5.91 Å². The summed E-state index contributed by atoms with van der Waals surface area (Å²) in [6.45, 7) is 3.75. The van der Waals surface area contributed by atoms with Crippen LogP contribution >= 0.6 is 0 Å². The van der Waals surface area contributed by atoms with E-state index in [1.54, 1.807) is 0 Å². The van der Waals surface area contributed by atoms with Gasteiger partial charge in [-0.15, -0.1) is 0 Å². The number of carbonyl (C=O) groups is 1. The molecule has 2 atom stereocenters. The second kappa shape index (κ2) is 6.84. The first-order valence-electron chi connectivity index (χ1n) is 10.5. The van der Waals surface area contributed by atoms with Gasteiger partial charge in [-0.25, -0.2) is 4.98 Å². The van der Waals surface area contributed by atoms with E-state index in [0.29, 0.717) is 23.9 Å². The van der Waals surface area contributed by atoms with Crippen LogP contribution in [0.5, 0.6) is 0 Å². The van der Waals surface area contributed by atoms with Crippen molar-refractivity contribution in [1.29, 1.82) is 0 Å². The molecule has 140 valence electrons. The van der Waals surface area contributed by atoms with E-state index in [-0.39, 0.29) is 0 Å². The number of rotatable bonds is 3. The molecule has 1 N–H and O–H groups in total. The van der Waals surface area contributed by atoms with Crippen LogP contribution in [-0.4, -0.2) is 47.5 Å². The number of fused-ring (bicyclic) bond motifs is 3. The van der Waals surface area contributed by atoms with Crippen LogP contribution in [0.15, 0.2) is 12.1 Å². The van der Waals surface area contributed by atoms with Crippen LogP contribution in [0.4, 0.5) is 5.82 Å².